The van der Waals surface area contributed by atoms with Crippen molar-refractivity contribution >= 4 is 0 Å². The molecule has 1 saturated heterocycles. The van der Waals surface area contributed by atoms with Gasteiger partial charge in [0.05, 0.1) is 0 Å². The van der Waals surface area contributed by atoms with Crippen LogP contribution in [0.4, 0.5) is 0 Å². The Morgan fingerprint density at radius 1 is 1.36 bits per heavy atom. The smallest absolute Gasteiger partial charge is 0.0331 e. The lowest BCUT2D eigenvalue weighted by Crippen LogP contribution is -2.50. The summed E-state index contributed by atoms with van der Waals surface area (Å²) in [5.74, 6) is 0.944. The van der Waals surface area contributed by atoms with Crippen molar-refractivity contribution in [2.24, 2.45) is 11.7 Å². The van der Waals surface area contributed by atoms with Crippen molar-refractivity contribution in [3.8, 4) is 0 Å². The van der Waals surface area contributed by atoms with Crippen molar-refractivity contribution < 1.29 is 0 Å². The lowest BCUT2D eigenvalue weighted by Gasteiger charge is -2.38. The van der Waals surface area contributed by atoms with Gasteiger partial charge in [0.1, 0.15) is 0 Å². The topological polar surface area (TPSA) is 29.3 Å². The average Bonchev–Trinajstić information content (AvgIpc) is 2.87. The van der Waals surface area contributed by atoms with Crippen molar-refractivity contribution in [1.29, 1.82) is 0 Å². The van der Waals surface area contributed by atoms with Crippen LogP contribution in [0, 0.1) is 5.92 Å². The van der Waals surface area contributed by atoms with E-state index in [0.717, 1.165) is 12.5 Å². The zero-order valence-corrected chi connectivity index (χ0v) is 9.47. The Bertz CT molecular complexity index is 185. The maximum absolute atomic E-state index is 5.99. The standard InChI is InChI=1S/C12H24N2/c1-2-11-5-8-14(9-11)12(10-13)6-3-4-7-12/h11H,2-10,13H2,1H3. The number of hydrogen-bond acceptors (Lipinski definition) is 2. The molecular formula is C12H24N2. The van der Waals surface area contributed by atoms with E-state index in [2.05, 4.69) is 11.8 Å². The molecule has 0 radical (unpaired) electrons. The normalized spacial score (nSPS) is 32.6. The molecule has 0 bridgehead atoms. The van der Waals surface area contributed by atoms with Crippen LogP contribution < -0.4 is 5.73 Å². The number of likely N-dealkylation sites (tertiary alicyclic amines) is 1. The fourth-order valence-electron chi connectivity index (χ4n) is 3.28. The Hall–Kier alpha value is -0.0800. The monoisotopic (exact) mass is 196 g/mol. The molecule has 1 atom stereocenters. The molecule has 0 spiro atoms. The fourth-order valence-corrected chi connectivity index (χ4v) is 3.28. The summed E-state index contributed by atoms with van der Waals surface area (Å²) in [5.41, 5.74) is 6.40. The molecule has 2 rings (SSSR count). The maximum Gasteiger partial charge on any atom is 0.0331 e. The molecule has 1 saturated carbocycles. The van der Waals surface area contributed by atoms with Crippen molar-refractivity contribution in [1.82, 2.24) is 4.90 Å². The van der Waals surface area contributed by atoms with E-state index in [4.69, 9.17) is 5.73 Å². The zero-order valence-electron chi connectivity index (χ0n) is 9.47. The van der Waals surface area contributed by atoms with Crippen LogP contribution in [0.25, 0.3) is 0 Å². The van der Waals surface area contributed by atoms with Gasteiger partial charge in [-0.05, 0) is 31.7 Å². The highest BCUT2D eigenvalue weighted by molar-refractivity contribution is 4.98. The molecular weight excluding hydrogens is 172 g/mol. The molecule has 1 heterocycles. The third-order valence-electron chi connectivity index (χ3n) is 4.45. The first kappa shape index (κ1) is 10.4. The van der Waals surface area contributed by atoms with Gasteiger partial charge in [-0.3, -0.25) is 4.90 Å². The van der Waals surface area contributed by atoms with E-state index in [9.17, 15) is 0 Å². The van der Waals surface area contributed by atoms with E-state index in [1.807, 2.05) is 0 Å². The van der Waals surface area contributed by atoms with Crippen LogP contribution in [0.5, 0.6) is 0 Å². The SMILES string of the molecule is CCC1CCN(C2(CN)CCCC2)C1. The van der Waals surface area contributed by atoms with E-state index >= 15 is 0 Å². The minimum atomic E-state index is 0.407. The summed E-state index contributed by atoms with van der Waals surface area (Å²) in [6, 6.07) is 0. The molecule has 0 aromatic heterocycles. The van der Waals surface area contributed by atoms with Gasteiger partial charge in [0.15, 0.2) is 0 Å². The predicted octanol–water partition coefficient (Wildman–Crippen LogP) is 1.99. The Balaban J connectivity index is 1.99. The quantitative estimate of drug-likeness (QED) is 0.748. The third-order valence-corrected chi connectivity index (χ3v) is 4.45. The van der Waals surface area contributed by atoms with Gasteiger partial charge in [-0.15, -0.1) is 0 Å². The van der Waals surface area contributed by atoms with Crippen molar-refractivity contribution in [3.63, 3.8) is 0 Å². The summed E-state index contributed by atoms with van der Waals surface area (Å²) in [6.07, 6.45) is 8.23. The molecule has 1 unspecified atom stereocenters. The van der Waals surface area contributed by atoms with Gasteiger partial charge in [-0.1, -0.05) is 26.2 Å². The lowest BCUT2D eigenvalue weighted by molar-refractivity contribution is 0.125. The second-order valence-electron chi connectivity index (χ2n) is 5.14. The zero-order chi connectivity index (χ0) is 10.0. The van der Waals surface area contributed by atoms with E-state index in [-0.39, 0.29) is 0 Å². The van der Waals surface area contributed by atoms with Gasteiger partial charge >= 0.3 is 0 Å². The minimum Gasteiger partial charge on any atom is -0.329 e. The summed E-state index contributed by atoms with van der Waals surface area (Å²) in [7, 11) is 0. The lowest BCUT2D eigenvalue weighted by atomic mass is 9.95. The van der Waals surface area contributed by atoms with Gasteiger partial charge in [0.25, 0.3) is 0 Å². The van der Waals surface area contributed by atoms with Crippen LogP contribution in [0.1, 0.15) is 45.4 Å². The number of nitrogens with zero attached hydrogens (tertiary/aromatic N) is 1. The van der Waals surface area contributed by atoms with Gasteiger partial charge < -0.3 is 5.73 Å². The number of hydrogen-bond donors (Lipinski definition) is 1. The maximum atomic E-state index is 5.99. The van der Waals surface area contributed by atoms with Crippen molar-refractivity contribution in [2.75, 3.05) is 19.6 Å². The molecule has 2 aliphatic rings. The van der Waals surface area contributed by atoms with Crippen LogP contribution in [0.15, 0.2) is 0 Å². The molecule has 1 aliphatic carbocycles. The van der Waals surface area contributed by atoms with Gasteiger partial charge in [-0.25, -0.2) is 0 Å². The number of nitrogens with two attached hydrogens (primary N) is 1. The first-order chi connectivity index (χ1) is 6.80. The van der Waals surface area contributed by atoms with Crippen LogP contribution >= 0.6 is 0 Å². The largest absolute Gasteiger partial charge is 0.329 e. The molecule has 2 nitrogen and oxygen atoms in total. The molecule has 0 amide bonds. The Labute approximate surface area is 87.8 Å². The van der Waals surface area contributed by atoms with Crippen LogP contribution in [0.3, 0.4) is 0 Å². The highest BCUT2D eigenvalue weighted by Gasteiger charge is 2.40. The van der Waals surface area contributed by atoms with Gasteiger partial charge in [0.2, 0.25) is 0 Å². The summed E-state index contributed by atoms with van der Waals surface area (Å²) in [4.78, 5) is 2.70. The number of rotatable bonds is 3. The van der Waals surface area contributed by atoms with Crippen LogP contribution in [-0.2, 0) is 0 Å². The van der Waals surface area contributed by atoms with E-state index < -0.39 is 0 Å². The van der Waals surface area contributed by atoms with E-state index in [1.165, 1.54) is 51.6 Å². The Morgan fingerprint density at radius 2 is 2.07 bits per heavy atom. The molecule has 2 fully saturated rings. The molecule has 0 aromatic rings. The first-order valence-electron chi connectivity index (χ1n) is 6.26. The summed E-state index contributed by atoms with van der Waals surface area (Å²) in [6.45, 7) is 5.81. The Kier molecular flexibility index (Phi) is 3.13. The second-order valence-corrected chi connectivity index (χ2v) is 5.14. The predicted molar refractivity (Wildman–Crippen MR) is 60.2 cm³/mol. The summed E-state index contributed by atoms with van der Waals surface area (Å²) >= 11 is 0. The first-order valence-corrected chi connectivity index (χ1v) is 6.26. The molecule has 0 aromatic carbocycles. The van der Waals surface area contributed by atoms with E-state index in [1.54, 1.807) is 0 Å². The van der Waals surface area contributed by atoms with Gasteiger partial charge in [0, 0.05) is 18.6 Å². The molecule has 2 N–H and O–H groups in total. The highest BCUT2D eigenvalue weighted by Crippen LogP contribution is 2.38. The summed E-state index contributed by atoms with van der Waals surface area (Å²) in [5, 5.41) is 0. The van der Waals surface area contributed by atoms with Crippen LogP contribution in [0.2, 0.25) is 0 Å². The van der Waals surface area contributed by atoms with Crippen molar-refractivity contribution in [3.05, 3.63) is 0 Å². The average molecular weight is 196 g/mol. The molecule has 1 aliphatic heterocycles. The van der Waals surface area contributed by atoms with Crippen molar-refractivity contribution in [2.45, 2.75) is 51.0 Å². The Morgan fingerprint density at radius 3 is 2.57 bits per heavy atom. The van der Waals surface area contributed by atoms with E-state index in [0.29, 0.717) is 5.54 Å². The fraction of sp³-hybridized carbons (Fsp3) is 1.00. The summed E-state index contributed by atoms with van der Waals surface area (Å²) < 4.78 is 0. The third kappa shape index (κ3) is 1.70. The molecule has 2 heteroatoms. The molecule has 14 heavy (non-hydrogen) atoms. The van der Waals surface area contributed by atoms with Crippen LogP contribution in [-0.4, -0.2) is 30.1 Å². The molecule has 82 valence electrons. The van der Waals surface area contributed by atoms with Gasteiger partial charge in [-0.2, -0.15) is 0 Å². The minimum absolute atomic E-state index is 0.407. The highest BCUT2D eigenvalue weighted by atomic mass is 15.2. The second kappa shape index (κ2) is 4.19.